The van der Waals surface area contributed by atoms with Crippen LogP contribution in [0.15, 0.2) is 18.2 Å². The fraction of sp³-hybridized carbons (Fsp3) is 0.588. The Bertz CT molecular complexity index is 484. The first kappa shape index (κ1) is 15.0. The summed E-state index contributed by atoms with van der Waals surface area (Å²) in [6.07, 6.45) is 3.19. The zero-order valence-electron chi connectivity index (χ0n) is 12.8. The molecule has 3 unspecified atom stereocenters. The average molecular weight is 274 g/mol. The second-order valence-corrected chi connectivity index (χ2v) is 6.12. The summed E-state index contributed by atoms with van der Waals surface area (Å²) >= 11 is 0. The largest absolute Gasteiger partial charge is 0.349 e. The van der Waals surface area contributed by atoms with Crippen LogP contribution in [0.2, 0.25) is 0 Å². The van der Waals surface area contributed by atoms with Crippen LogP contribution in [0.1, 0.15) is 48.9 Å². The van der Waals surface area contributed by atoms with Gasteiger partial charge in [-0.05, 0) is 57.2 Å². The molecular formula is C17H26N2O. The van der Waals surface area contributed by atoms with Crippen molar-refractivity contribution in [2.75, 3.05) is 6.54 Å². The maximum Gasteiger partial charge on any atom is 0.223 e. The van der Waals surface area contributed by atoms with Crippen LogP contribution in [-0.4, -0.2) is 12.5 Å². The third-order valence-corrected chi connectivity index (χ3v) is 4.55. The second kappa shape index (κ2) is 6.40. The first-order chi connectivity index (χ1) is 9.52. The summed E-state index contributed by atoms with van der Waals surface area (Å²) in [6.45, 7) is 6.87. The van der Waals surface area contributed by atoms with E-state index < -0.39 is 0 Å². The molecule has 1 saturated carbocycles. The summed E-state index contributed by atoms with van der Waals surface area (Å²) in [7, 11) is 0. The van der Waals surface area contributed by atoms with Crippen LogP contribution in [0.25, 0.3) is 0 Å². The number of carbonyl (C=O) groups excluding carboxylic acids is 1. The average Bonchev–Trinajstić information content (AvgIpc) is 2.86. The van der Waals surface area contributed by atoms with Gasteiger partial charge < -0.3 is 11.1 Å². The summed E-state index contributed by atoms with van der Waals surface area (Å²) in [6, 6.07) is 6.44. The van der Waals surface area contributed by atoms with E-state index in [0.717, 1.165) is 19.3 Å². The van der Waals surface area contributed by atoms with Crippen molar-refractivity contribution in [2.45, 2.75) is 46.1 Å². The number of nitrogens with two attached hydrogens (primary N) is 1. The monoisotopic (exact) mass is 274 g/mol. The molecule has 3 nitrogen and oxygen atoms in total. The molecule has 0 heterocycles. The number of hydrogen-bond donors (Lipinski definition) is 2. The highest BCUT2D eigenvalue weighted by atomic mass is 16.2. The van der Waals surface area contributed by atoms with Crippen LogP contribution < -0.4 is 11.1 Å². The number of benzene rings is 1. The highest BCUT2D eigenvalue weighted by Gasteiger charge is 2.32. The van der Waals surface area contributed by atoms with Gasteiger partial charge in [0.05, 0.1) is 6.04 Å². The summed E-state index contributed by atoms with van der Waals surface area (Å²) in [5, 5.41) is 3.17. The maximum atomic E-state index is 12.4. The molecule has 1 fully saturated rings. The molecule has 0 aliphatic heterocycles. The molecule has 0 spiro atoms. The van der Waals surface area contributed by atoms with Gasteiger partial charge >= 0.3 is 0 Å². The SMILES string of the molecule is Cc1ccc(C(C)NC(=O)C2CCCC2CN)c(C)c1. The molecule has 2 rings (SSSR count). The predicted octanol–water partition coefficient (Wildman–Crippen LogP) is 2.86. The topological polar surface area (TPSA) is 55.1 Å². The van der Waals surface area contributed by atoms with Crippen LogP contribution in [0.4, 0.5) is 0 Å². The Balaban J connectivity index is 2.03. The number of carbonyl (C=O) groups is 1. The van der Waals surface area contributed by atoms with Gasteiger partial charge in [-0.2, -0.15) is 0 Å². The molecule has 3 heteroatoms. The van der Waals surface area contributed by atoms with Crippen LogP contribution in [-0.2, 0) is 4.79 Å². The highest BCUT2D eigenvalue weighted by molar-refractivity contribution is 5.79. The first-order valence-electron chi connectivity index (χ1n) is 7.60. The maximum absolute atomic E-state index is 12.4. The van der Waals surface area contributed by atoms with Crippen molar-refractivity contribution < 1.29 is 4.79 Å². The van der Waals surface area contributed by atoms with Gasteiger partial charge in [0.15, 0.2) is 0 Å². The van der Waals surface area contributed by atoms with Gasteiger partial charge in [-0.1, -0.05) is 30.2 Å². The second-order valence-electron chi connectivity index (χ2n) is 6.12. The van der Waals surface area contributed by atoms with Crippen molar-refractivity contribution in [2.24, 2.45) is 17.6 Å². The fourth-order valence-electron chi connectivity index (χ4n) is 3.37. The van der Waals surface area contributed by atoms with Crippen molar-refractivity contribution in [3.05, 3.63) is 34.9 Å². The van der Waals surface area contributed by atoms with Gasteiger partial charge in [0.2, 0.25) is 5.91 Å². The molecule has 0 radical (unpaired) electrons. The molecule has 1 aromatic rings. The first-order valence-corrected chi connectivity index (χ1v) is 7.60. The zero-order chi connectivity index (χ0) is 14.7. The van der Waals surface area contributed by atoms with Crippen molar-refractivity contribution in [1.29, 1.82) is 0 Å². The number of aryl methyl sites for hydroxylation is 2. The Morgan fingerprint density at radius 1 is 1.40 bits per heavy atom. The van der Waals surface area contributed by atoms with Gasteiger partial charge in [-0.3, -0.25) is 4.79 Å². The van der Waals surface area contributed by atoms with Crippen LogP contribution in [0, 0.1) is 25.7 Å². The number of hydrogen-bond acceptors (Lipinski definition) is 2. The molecule has 0 aromatic heterocycles. The quantitative estimate of drug-likeness (QED) is 0.887. The van der Waals surface area contributed by atoms with E-state index in [1.54, 1.807) is 0 Å². The molecule has 3 atom stereocenters. The van der Waals surface area contributed by atoms with Gasteiger partial charge in [0, 0.05) is 5.92 Å². The lowest BCUT2D eigenvalue weighted by Crippen LogP contribution is -2.36. The third kappa shape index (κ3) is 3.21. The van der Waals surface area contributed by atoms with E-state index >= 15 is 0 Å². The molecule has 1 aliphatic carbocycles. The smallest absolute Gasteiger partial charge is 0.223 e. The van der Waals surface area contributed by atoms with E-state index in [4.69, 9.17) is 5.73 Å². The molecule has 1 aliphatic rings. The molecule has 0 saturated heterocycles. The van der Waals surface area contributed by atoms with Gasteiger partial charge in [0.1, 0.15) is 0 Å². The van der Waals surface area contributed by atoms with E-state index in [1.807, 2.05) is 0 Å². The Kier molecular flexibility index (Phi) is 4.81. The van der Waals surface area contributed by atoms with Crippen LogP contribution in [0.3, 0.4) is 0 Å². The predicted molar refractivity (Wildman–Crippen MR) is 82.4 cm³/mol. The summed E-state index contributed by atoms with van der Waals surface area (Å²) < 4.78 is 0. The van der Waals surface area contributed by atoms with Crippen LogP contribution in [0.5, 0.6) is 0 Å². The zero-order valence-corrected chi connectivity index (χ0v) is 12.8. The lowest BCUT2D eigenvalue weighted by molar-refractivity contribution is -0.126. The Labute approximate surface area is 121 Å². The molecule has 3 N–H and O–H groups in total. The van der Waals surface area contributed by atoms with E-state index in [0.29, 0.717) is 12.5 Å². The Morgan fingerprint density at radius 3 is 2.80 bits per heavy atom. The molecule has 0 bridgehead atoms. The minimum absolute atomic E-state index is 0.0575. The van der Waals surface area contributed by atoms with E-state index in [2.05, 4.69) is 44.3 Å². The number of amides is 1. The van der Waals surface area contributed by atoms with E-state index in [-0.39, 0.29) is 17.9 Å². The summed E-state index contributed by atoms with van der Waals surface area (Å²) in [5.74, 6) is 0.639. The molecule has 110 valence electrons. The summed E-state index contributed by atoms with van der Waals surface area (Å²) in [5.41, 5.74) is 9.45. The Hall–Kier alpha value is -1.35. The minimum Gasteiger partial charge on any atom is -0.349 e. The van der Waals surface area contributed by atoms with Crippen molar-refractivity contribution >= 4 is 5.91 Å². The number of rotatable bonds is 4. The molecule has 1 amide bonds. The summed E-state index contributed by atoms with van der Waals surface area (Å²) in [4.78, 5) is 12.4. The number of nitrogens with one attached hydrogen (secondary N) is 1. The van der Waals surface area contributed by atoms with E-state index in [1.165, 1.54) is 16.7 Å². The van der Waals surface area contributed by atoms with E-state index in [9.17, 15) is 4.79 Å². The van der Waals surface area contributed by atoms with Crippen molar-refractivity contribution in [3.8, 4) is 0 Å². The molecular weight excluding hydrogens is 248 g/mol. The minimum atomic E-state index is 0.0575. The van der Waals surface area contributed by atoms with Crippen molar-refractivity contribution in [1.82, 2.24) is 5.32 Å². The lowest BCUT2D eigenvalue weighted by atomic mass is 9.94. The fourth-order valence-corrected chi connectivity index (χ4v) is 3.37. The highest BCUT2D eigenvalue weighted by Crippen LogP contribution is 2.31. The van der Waals surface area contributed by atoms with Crippen LogP contribution >= 0.6 is 0 Å². The van der Waals surface area contributed by atoms with Gasteiger partial charge in [-0.25, -0.2) is 0 Å². The standard InChI is InChI=1S/C17H26N2O/c1-11-7-8-15(12(2)9-11)13(3)19-17(20)16-6-4-5-14(16)10-18/h7-9,13-14,16H,4-6,10,18H2,1-3H3,(H,19,20). The lowest BCUT2D eigenvalue weighted by Gasteiger charge is -2.22. The normalized spacial score (nSPS) is 23.6. The van der Waals surface area contributed by atoms with Gasteiger partial charge in [-0.15, -0.1) is 0 Å². The van der Waals surface area contributed by atoms with Crippen molar-refractivity contribution in [3.63, 3.8) is 0 Å². The molecule has 1 aromatic carbocycles. The molecule has 20 heavy (non-hydrogen) atoms. The van der Waals surface area contributed by atoms with Gasteiger partial charge in [0.25, 0.3) is 0 Å². The third-order valence-electron chi connectivity index (χ3n) is 4.55. The Morgan fingerprint density at radius 2 is 2.15 bits per heavy atom.